The molecule has 2 heterocycles. The summed E-state index contributed by atoms with van der Waals surface area (Å²) in [5.74, 6) is -1.19. The van der Waals surface area contributed by atoms with Gasteiger partial charge in [-0.3, -0.25) is 24.3 Å². The topological polar surface area (TPSA) is 94.2 Å². The van der Waals surface area contributed by atoms with Crippen molar-refractivity contribution in [2.24, 2.45) is 0 Å². The van der Waals surface area contributed by atoms with Gasteiger partial charge in [-0.25, -0.2) is 0 Å². The van der Waals surface area contributed by atoms with Crippen LogP contribution in [0.2, 0.25) is 0 Å². The first-order valence-corrected chi connectivity index (χ1v) is 6.39. The van der Waals surface area contributed by atoms with Gasteiger partial charge in [0.1, 0.15) is 5.82 Å². The van der Waals surface area contributed by atoms with E-state index in [9.17, 15) is 14.4 Å². The predicted octanol–water partition coefficient (Wildman–Crippen LogP) is 0.920. The van der Waals surface area contributed by atoms with Gasteiger partial charge in [0.15, 0.2) is 0 Å². The summed E-state index contributed by atoms with van der Waals surface area (Å²) < 4.78 is 1.24. The maximum atomic E-state index is 12.2. The number of amides is 2. The largest absolute Gasteiger partial charge is 0.384 e. The number of anilines is 1. The first-order valence-electron chi connectivity index (χ1n) is 6.39. The summed E-state index contributed by atoms with van der Waals surface area (Å²) in [5, 5.41) is 2.14. The SMILES string of the molecule is Cc1ccc(-n2c(N)c3c(cc2=O)C(=O)NC3=O)cc1C. The number of rotatable bonds is 1. The highest BCUT2D eigenvalue weighted by molar-refractivity contribution is 6.23. The van der Waals surface area contributed by atoms with Crippen LogP contribution in [0.5, 0.6) is 0 Å². The van der Waals surface area contributed by atoms with Crippen LogP contribution >= 0.6 is 0 Å². The molecule has 0 atom stereocenters. The Morgan fingerprint density at radius 2 is 1.71 bits per heavy atom. The number of nitrogen functional groups attached to an aromatic ring is 1. The molecule has 1 aromatic carbocycles. The van der Waals surface area contributed by atoms with E-state index in [2.05, 4.69) is 5.32 Å². The van der Waals surface area contributed by atoms with Gasteiger partial charge in [0.25, 0.3) is 17.4 Å². The Bertz CT molecular complexity index is 865. The third-order valence-corrected chi connectivity index (χ3v) is 3.70. The fourth-order valence-electron chi connectivity index (χ4n) is 2.41. The Kier molecular flexibility index (Phi) is 2.69. The molecule has 6 nitrogen and oxygen atoms in total. The van der Waals surface area contributed by atoms with Crippen LogP contribution in [0.15, 0.2) is 29.1 Å². The molecule has 106 valence electrons. The van der Waals surface area contributed by atoms with Crippen molar-refractivity contribution in [3.8, 4) is 5.69 Å². The summed E-state index contributed by atoms with van der Waals surface area (Å²) in [5.41, 5.74) is 8.24. The highest BCUT2D eigenvalue weighted by Crippen LogP contribution is 2.23. The average Bonchev–Trinajstić information content (AvgIpc) is 2.69. The molecule has 21 heavy (non-hydrogen) atoms. The zero-order valence-electron chi connectivity index (χ0n) is 11.6. The Balaban J connectivity index is 2.32. The Labute approximate surface area is 120 Å². The molecule has 2 aromatic rings. The van der Waals surface area contributed by atoms with Crippen LogP contribution < -0.4 is 16.6 Å². The number of hydrogen-bond donors (Lipinski definition) is 2. The van der Waals surface area contributed by atoms with Gasteiger partial charge in [0.05, 0.1) is 16.8 Å². The Morgan fingerprint density at radius 3 is 2.38 bits per heavy atom. The summed E-state index contributed by atoms with van der Waals surface area (Å²) in [7, 11) is 0. The standard InChI is InChI=1S/C15H13N3O3/c1-7-3-4-9(5-8(7)2)18-11(19)6-10-12(13(18)16)15(21)17-14(10)20/h3-6H,16H2,1-2H3,(H,17,20,21). The monoisotopic (exact) mass is 283 g/mol. The number of aromatic nitrogens is 1. The number of aryl methyl sites for hydroxylation is 2. The second-order valence-corrected chi connectivity index (χ2v) is 5.04. The molecule has 3 rings (SSSR count). The second kappa shape index (κ2) is 4.31. The van der Waals surface area contributed by atoms with Crippen molar-refractivity contribution < 1.29 is 9.59 Å². The van der Waals surface area contributed by atoms with Gasteiger partial charge < -0.3 is 5.73 Å². The fraction of sp³-hybridized carbons (Fsp3) is 0.133. The summed E-state index contributed by atoms with van der Waals surface area (Å²) in [4.78, 5) is 35.6. The van der Waals surface area contributed by atoms with E-state index in [0.717, 1.165) is 17.2 Å². The minimum absolute atomic E-state index is 0.0240. The molecule has 1 aliphatic heterocycles. The zero-order valence-corrected chi connectivity index (χ0v) is 11.6. The van der Waals surface area contributed by atoms with Crippen LogP contribution in [0.3, 0.4) is 0 Å². The number of hydrogen-bond acceptors (Lipinski definition) is 4. The highest BCUT2D eigenvalue weighted by Gasteiger charge is 2.31. The molecule has 3 N–H and O–H groups in total. The minimum atomic E-state index is -0.592. The number of carbonyl (C=O) groups excluding carboxylic acids is 2. The van der Waals surface area contributed by atoms with E-state index in [1.165, 1.54) is 4.57 Å². The van der Waals surface area contributed by atoms with E-state index in [-0.39, 0.29) is 16.9 Å². The van der Waals surface area contributed by atoms with Crippen LogP contribution in [0.25, 0.3) is 5.69 Å². The third-order valence-electron chi connectivity index (χ3n) is 3.70. The summed E-state index contributed by atoms with van der Waals surface area (Å²) in [6, 6.07) is 6.57. The highest BCUT2D eigenvalue weighted by atomic mass is 16.2. The molecule has 0 bridgehead atoms. The van der Waals surface area contributed by atoms with E-state index >= 15 is 0 Å². The molecule has 0 unspecified atom stereocenters. The van der Waals surface area contributed by atoms with Crippen molar-refractivity contribution in [2.45, 2.75) is 13.8 Å². The van der Waals surface area contributed by atoms with Crippen molar-refractivity contribution in [3.05, 3.63) is 56.9 Å². The summed E-state index contributed by atoms with van der Waals surface area (Å²) >= 11 is 0. The first kappa shape index (κ1) is 13.1. The Morgan fingerprint density at radius 1 is 1.00 bits per heavy atom. The molecule has 0 saturated carbocycles. The molecule has 2 amide bonds. The van der Waals surface area contributed by atoms with Crippen molar-refractivity contribution in [2.75, 3.05) is 5.73 Å². The molecular formula is C15H13N3O3. The Hall–Kier alpha value is -2.89. The maximum absolute atomic E-state index is 12.2. The molecule has 0 fully saturated rings. The molecular weight excluding hydrogens is 270 g/mol. The second-order valence-electron chi connectivity index (χ2n) is 5.04. The van der Waals surface area contributed by atoms with Crippen LogP contribution in [-0.4, -0.2) is 16.4 Å². The molecule has 0 aliphatic carbocycles. The number of fused-ring (bicyclic) bond motifs is 1. The van der Waals surface area contributed by atoms with E-state index in [0.29, 0.717) is 5.69 Å². The number of nitrogens with one attached hydrogen (secondary N) is 1. The molecule has 1 aliphatic rings. The number of nitrogens with zero attached hydrogens (tertiary/aromatic N) is 1. The van der Waals surface area contributed by atoms with Gasteiger partial charge in [-0.1, -0.05) is 6.07 Å². The van der Waals surface area contributed by atoms with E-state index in [1.807, 2.05) is 26.0 Å². The van der Waals surface area contributed by atoms with Gasteiger partial charge in [-0.15, -0.1) is 0 Å². The smallest absolute Gasteiger partial charge is 0.262 e. The lowest BCUT2D eigenvalue weighted by atomic mass is 10.1. The number of imide groups is 1. The normalized spacial score (nSPS) is 13.2. The van der Waals surface area contributed by atoms with Crippen molar-refractivity contribution >= 4 is 17.6 Å². The van der Waals surface area contributed by atoms with Crippen LogP contribution in [0.4, 0.5) is 5.82 Å². The van der Waals surface area contributed by atoms with Gasteiger partial charge >= 0.3 is 0 Å². The van der Waals surface area contributed by atoms with E-state index in [1.54, 1.807) is 6.07 Å². The lowest BCUT2D eigenvalue weighted by molar-refractivity contribution is 0.0880. The van der Waals surface area contributed by atoms with E-state index in [4.69, 9.17) is 5.73 Å². The average molecular weight is 283 g/mol. The van der Waals surface area contributed by atoms with E-state index < -0.39 is 17.4 Å². The van der Waals surface area contributed by atoms with Gasteiger partial charge in [0.2, 0.25) is 0 Å². The fourth-order valence-corrected chi connectivity index (χ4v) is 2.41. The van der Waals surface area contributed by atoms with Crippen molar-refractivity contribution in [1.82, 2.24) is 9.88 Å². The molecule has 0 spiro atoms. The summed E-state index contributed by atoms with van der Waals surface area (Å²) in [6.07, 6.45) is 0. The number of benzene rings is 1. The molecule has 6 heteroatoms. The third kappa shape index (κ3) is 1.84. The quantitative estimate of drug-likeness (QED) is 0.761. The van der Waals surface area contributed by atoms with Gasteiger partial charge in [-0.2, -0.15) is 0 Å². The lowest BCUT2D eigenvalue weighted by Gasteiger charge is -2.13. The maximum Gasteiger partial charge on any atom is 0.262 e. The zero-order chi connectivity index (χ0) is 15.3. The van der Waals surface area contributed by atoms with Crippen molar-refractivity contribution in [3.63, 3.8) is 0 Å². The molecule has 0 radical (unpaired) electrons. The van der Waals surface area contributed by atoms with Crippen molar-refractivity contribution in [1.29, 1.82) is 0 Å². The minimum Gasteiger partial charge on any atom is -0.384 e. The lowest BCUT2D eigenvalue weighted by Crippen LogP contribution is -2.24. The van der Waals surface area contributed by atoms with Gasteiger partial charge in [-0.05, 0) is 37.1 Å². The first-order chi connectivity index (χ1) is 9.90. The molecule has 0 saturated heterocycles. The number of carbonyl (C=O) groups is 2. The van der Waals surface area contributed by atoms with Crippen LogP contribution in [-0.2, 0) is 0 Å². The number of nitrogens with two attached hydrogens (primary N) is 1. The van der Waals surface area contributed by atoms with Gasteiger partial charge in [0, 0.05) is 6.07 Å². The van der Waals surface area contributed by atoms with Crippen LogP contribution in [0, 0.1) is 13.8 Å². The predicted molar refractivity (Wildman–Crippen MR) is 77.7 cm³/mol. The number of pyridine rings is 1. The summed E-state index contributed by atoms with van der Waals surface area (Å²) in [6.45, 7) is 3.88. The molecule has 1 aromatic heterocycles. The van der Waals surface area contributed by atoms with Crippen LogP contribution in [0.1, 0.15) is 31.8 Å².